The lowest BCUT2D eigenvalue weighted by Gasteiger charge is -2.27. The van der Waals surface area contributed by atoms with Gasteiger partial charge in [0.05, 0.1) is 17.9 Å². The summed E-state index contributed by atoms with van der Waals surface area (Å²) in [5.41, 5.74) is 1.56. The van der Waals surface area contributed by atoms with Gasteiger partial charge in [0.2, 0.25) is 0 Å². The summed E-state index contributed by atoms with van der Waals surface area (Å²) in [5, 5.41) is 2.87. The number of amides is 2. The zero-order valence-electron chi connectivity index (χ0n) is 15.0. The number of nitrogens with zero attached hydrogens (tertiary/aromatic N) is 1. The first kappa shape index (κ1) is 18.0. The van der Waals surface area contributed by atoms with Crippen LogP contribution in [0.2, 0.25) is 0 Å². The third-order valence-electron chi connectivity index (χ3n) is 4.46. The molecule has 26 heavy (non-hydrogen) atoms. The van der Waals surface area contributed by atoms with E-state index in [0.717, 1.165) is 25.9 Å². The summed E-state index contributed by atoms with van der Waals surface area (Å²) in [6, 6.07) is 14.2. The molecule has 2 aromatic carbocycles. The van der Waals surface area contributed by atoms with E-state index in [1.165, 1.54) is 6.42 Å². The van der Waals surface area contributed by atoms with Crippen molar-refractivity contribution in [3.63, 3.8) is 0 Å². The molecule has 0 aromatic heterocycles. The Morgan fingerprint density at radius 1 is 1.04 bits per heavy atom. The van der Waals surface area contributed by atoms with Crippen LogP contribution in [0.5, 0.6) is 5.75 Å². The summed E-state index contributed by atoms with van der Waals surface area (Å²) in [6.45, 7) is 3.99. The van der Waals surface area contributed by atoms with Gasteiger partial charge in [-0.1, -0.05) is 18.2 Å². The van der Waals surface area contributed by atoms with E-state index in [4.69, 9.17) is 4.74 Å². The molecule has 0 unspecified atom stereocenters. The van der Waals surface area contributed by atoms with Gasteiger partial charge in [0.25, 0.3) is 11.8 Å². The van der Waals surface area contributed by atoms with Gasteiger partial charge in [-0.25, -0.2) is 0 Å². The standard InChI is InChI=1S/C21H24N2O3/c1-2-26-17-10-8-9-16(15-17)20(24)22-19-12-5-4-11-18(19)21(25)23-13-6-3-7-14-23/h4-5,8-12,15H,2-3,6-7,13-14H2,1H3,(H,22,24). The van der Waals surface area contributed by atoms with Crippen molar-refractivity contribution in [2.45, 2.75) is 26.2 Å². The number of hydrogen-bond acceptors (Lipinski definition) is 3. The normalized spacial score (nSPS) is 14.0. The second-order valence-electron chi connectivity index (χ2n) is 6.31. The fourth-order valence-electron chi connectivity index (χ4n) is 3.13. The number of likely N-dealkylation sites (tertiary alicyclic amines) is 1. The highest BCUT2D eigenvalue weighted by atomic mass is 16.5. The van der Waals surface area contributed by atoms with E-state index in [-0.39, 0.29) is 11.8 Å². The number of carbonyl (C=O) groups excluding carboxylic acids is 2. The molecule has 1 heterocycles. The molecule has 0 bridgehead atoms. The Balaban J connectivity index is 1.78. The van der Waals surface area contributed by atoms with Gasteiger partial charge in [0, 0.05) is 18.7 Å². The summed E-state index contributed by atoms with van der Waals surface area (Å²) in [7, 11) is 0. The fraction of sp³-hybridized carbons (Fsp3) is 0.333. The van der Waals surface area contributed by atoms with E-state index < -0.39 is 0 Å². The highest BCUT2D eigenvalue weighted by Gasteiger charge is 2.21. The molecule has 1 saturated heterocycles. The zero-order chi connectivity index (χ0) is 18.4. The smallest absolute Gasteiger partial charge is 0.255 e. The molecule has 0 radical (unpaired) electrons. The van der Waals surface area contributed by atoms with Crippen LogP contribution in [0.1, 0.15) is 46.9 Å². The van der Waals surface area contributed by atoms with Gasteiger partial charge in [-0.3, -0.25) is 9.59 Å². The lowest BCUT2D eigenvalue weighted by Crippen LogP contribution is -2.36. The largest absolute Gasteiger partial charge is 0.494 e. The van der Waals surface area contributed by atoms with E-state index >= 15 is 0 Å². The van der Waals surface area contributed by atoms with Crippen molar-refractivity contribution in [3.8, 4) is 5.75 Å². The maximum atomic E-state index is 12.8. The van der Waals surface area contributed by atoms with E-state index in [9.17, 15) is 9.59 Å². The van der Waals surface area contributed by atoms with Crippen LogP contribution in [0.3, 0.4) is 0 Å². The Morgan fingerprint density at radius 3 is 2.58 bits per heavy atom. The molecule has 5 heteroatoms. The maximum absolute atomic E-state index is 12.8. The van der Waals surface area contributed by atoms with E-state index in [2.05, 4.69) is 5.32 Å². The number of piperidine rings is 1. The van der Waals surface area contributed by atoms with Gasteiger partial charge in [-0.15, -0.1) is 0 Å². The molecule has 0 aliphatic carbocycles. The van der Waals surface area contributed by atoms with E-state index in [1.807, 2.05) is 30.0 Å². The average Bonchev–Trinajstić information content (AvgIpc) is 2.69. The Morgan fingerprint density at radius 2 is 1.81 bits per heavy atom. The Kier molecular flexibility index (Phi) is 5.89. The molecule has 136 valence electrons. The van der Waals surface area contributed by atoms with Gasteiger partial charge in [0.1, 0.15) is 5.75 Å². The minimum atomic E-state index is -0.259. The van der Waals surface area contributed by atoms with E-state index in [1.54, 1.807) is 30.3 Å². The lowest BCUT2D eigenvalue weighted by molar-refractivity contribution is 0.0725. The summed E-state index contributed by atoms with van der Waals surface area (Å²) in [6.07, 6.45) is 3.23. The number of anilines is 1. The SMILES string of the molecule is CCOc1cccc(C(=O)Nc2ccccc2C(=O)N2CCCCC2)c1. The first-order chi connectivity index (χ1) is 12.7. The van der Waals surface area contributed by atoms with Crippen molar-refractivity contribution >= 4 is 17.5 Å². The summed E-state index contributed by atoms with van der Waals surface area (Å²) in [4.78, 5) is 27.3. The highest BCUT2D eigenvalue weighted by molar-refractivity contribution is 6.09. The van der Waals surface area contributed by atoms with Crippen LogP contribution in [0.15, 0.2) is 48.5 Å². The second-order valence-corrected chi connectivity index (χ2v) is 6.31. The van der Waals surface area contributed by atoms with Crippen LogP contribution in [0.4, 0.5) is 5.69 Å². The Bertz CT molecular complexity index is 782. The molecule has 1 aliphatic rings. The molecule has 2 aromatic rings. The monoisotopic (exact) mass is 352 g/mol. The van der Waals surface area contributed by atoms with Crippen molar-refractivity contribution in [1.82, 2.24) is 4.90 Å². The van der Waals surface area contributed by atoms with Gasteiger partial charge in [0.15, 0.2) is 0 Å². The molecule has 0 atom stereocenters. The number of benzene rings is 2. The number of rotatable bonds is 5. The van der Waals surface area contributed by atoms with Crippen LogP contribution >= 0.6 is 0 Å². The van der Waals surface area contributed by atoms with Crippen LogP contribution in [0.25, 0.3) is 0 Å². The molecule has 1 aliphatic heterocycles. The maximum Gasteiger partial charge on any atom is 0.255 e. The predicted molar refractivity (Wildman–Crippen MR) is 102 cm³/mol. The van der Waals surface area contributed by atoms with Gasteiger partial charge < -0.3 is 15.0 Å². The Hall–Kier alpha value is -2.82. The molecular weight excluding hydrogens is 328 g/mol. The van der Waals surface area contributed by atoms with Gasteiger partial charge >= 0.3 is 0 Å². The topological polar surface area (TPSA) is 58.6 Å². The van der Waals surface area contributed by atoms with Crippen molar-refractivity contribution < 1.29 is 14.3 Å². The number of para-hydroxylation sites is 1. The first-order valence-corrected chi connectivity index (χ1v) is 9.11. The van der Waals surface area contributed by atoms with E-state index in [0.29, 0.717) is 29.2 Å². The first-order valence-electron chi connectivity index (χ1n) is 9.11. The summed E-state index contributed by atoms with van der Waals surface area (Å²) in [5.74, 6) is 0.368. The molecule has 5 nitrogen and oxygen atoms in total. The van der Waals surface area contributed by atoms with Crippen molar-refractivity contribution in [3.05, 3.63) is 59.7 Å². The van der Waals surface area contributed by atoms with Gasteiger partial charge in [-0.05, 0) is 56.5 Å². The lowest BCUT2D eigenvalue weighted by atomic mass is 10.1. The highest BCUT2D eigenvalue weighted by Crippen LogP contribution is 2.21. The van der Waals surface area contributed by atoms with Crippen molar-refractivity contribution in [2.75, 3.05) is 25.0 Å². The number of ether oxygens (including phenoxy) is 1. The molecule has 2 amide bonds. The molecular formula is C21H24N2O3. The summed E-state index contributed by atoms with van der Waals surface area (Å²) >= 11 is 0. The van der Waals surface area contributed by atoms with Crippen LogP contribution in [0, 0.1) is 0 Å². The third kappa shape index (κ3) is 4.23. The third-order valence-corrected chi connectivity index (χ3v) is 4.46. The summed E-state index contributed by atoms with van der Waals surface area (Å²) < 4.78 is 5.45. The van der Waals surface area contributed by atoms with Gasteiger partial charge in [-0.2, -0.15) is 0 Å². The molecule has 3 rings (SSSR count). The quantitative estimate of drug-likeness (QED) is 0.886. The molecule has 1 fully saturated rings. The fourth-order valence-corrected chi connectivity index (χ4v) is 3.13. The Labute approximate surface area is 154 Å². The molecule has 1 N–H and O–H groups in total. The van der Waals surface area contributed by atoms with Crippen LogP contribution < -0.4 is 10.1 Å². The molecule has 0 saturated carbocycles. The molecule has 0 spiro atoms. The van der Waals surface area contributed by atoms with Crippen molar-refractivity contribution in [1.29, 1.82) is 0 Å². The number of nitrogens with one attached hydrogen (secondary N) is 1. The zero-order valence-corrected chi connectivity index (χ0v) is 15.0. The van der Waals surface area contributed by atoms with Crippen LogP contribution in [-0.2, 0) is 0 Å². The minimum Gasteiger partial charge on any atom is -0.494 e. The van der Waals surface area contributed by atoms with Crippen LogP contribution in [-0.4, -0.2) is 36.4 Å². The number of hydrogen-bond donors (Lipinski definition) is 1. The minimum absolute atomic E-state index is 0.0244. The predicted octanol–water partition coefficient (Wildman–Crippen LogP) is 3.96. The van der Waals surface area contributed by atoms with Crippen molar-refractivity contribution in [2.24, 2.45) is 0 Å². The number of carbonyl (C=O) groups is 2. The average molecular weight is 352 g/mol. The second kappa shape index (κ2) is 8.52.